The fourth-order valence-corrected chi connectivity index (χ4v) is 5.11. The average molecular weight is 461 g/mol. The van der Waals surface area contributed by atoms with Gasteiger partial charge in [-0.3, -0.25) is 19.2 Å². The van der Waals surface area contributed by atoms with Crippen LogP contribution in [0.2, 0.25) is 0 Å². The van der Waals surface area contributed by atoms with Gasteiger partial charge in [0.1, 0.15) is 6.04 Å². The molecule has 10 heteroatoms. The third-order valence-electron chi connectivity index (χ3n) is 5.59. The number of hydrogen-bond donors (Lipinski definition) is 1. The molecule has 0 aliphatic carbocycles. The van der Waals surface area contributed by atoms with Crippen LogP contribution in [-0.4, -0.2) is 44.6 Å². The minimum absolute atomic E-state index is 0.102. The number of anilines is 3. The largest absolute Gasteiger partial charge is 0.372 e. The van der Waals surface area contributed by atoms with Crippen molar-refractivity contribution in [1.82, 2.24) is 0 Å². The van der Waals surface area contributed by atoms with E-state index in [1.54, 1.807) is 19.1 Å². The molecule has 0 spiro atoms. The Bertz CT molecular complexity index is 1100. The van der Waals surface area contributed by atoms with Crippen LogP contribution in [0.5, 0.6) is 0 Å². The Morgan fingerprint density at radius 1 is 1.12 bits per heavy atom. The van der Waals surface area contributed by atoms with E-state index in [4.69, 9.17) is 0 Å². The Morgan fingerprint density at radius 3 is 2.31 bits per heavy atom. The molecule has 3 rings (SSSR count). The van der Waals surface area contributed by atoms with Crippen molar-refractivity contribution in [3.05, 3.63) is 58.1 Å². The number of sulfonamides is 1. The molecular weight excluding hydrogens is 432 g/mol. The SMILES string of the molecule is Cc1ccc([N+](=O)[O-])cc1N([C@@H](C)C(=O)Nc1ccc(N2CCCCC2)cc1)S(C)(=O)=O. The number of nitrogens with zero attached hydrogens (tertiary/aromatic N) is 3. The van der Waals surface area contributed by atoms with Crippen molar-refractivity contribution >= 4 is 38.7 Å². The van der Waals surface area contributed by atoms with Crippen molar-refractivity contribution in [2.24, 2.45) is 0 Å². The highest BCUT2D eigenvalue weighted by Crippen LogP contribution is 2.30. The lowest BCUT2D eigenvalue weighted by Crippen LogP contribution is -2.45. The fourth-order valence-electron chi connectivity index (χ4n) is 3.88. The molecule has 2 aromatic carbocycles. The Kier molecular flexibility index (Phi) is 7.02. The summed E-state index contributed by atoms with van der Waals surface area (Å²) in [5.74, 6) is -0.535. The smallest absolute Gasteiger partial charge is 0.271 e. The van der Waals surface area contributed by atoms with Gasteiger partial charge in [0.2, 0.25) is 15.9 Å². The van der Waals surface area contributed by atoms with Gasteiger partial charge in [0.25, 0.3) is 5.69 Å². The van der Waals surface area contributed by atoms with Gasteiger partial charge in [-0.15, -0.1) is 0 Å². The predicted molar refractivity (Wildman–Crippen MR) is 126 cm³/mol. The Morgan fingerprint density at radius 2 is 1.75 bits per heavy atom. The third-order valence-corrected chi connectivity index (χ3v) is 6.81. The monoisotopic (exact) mass is 460 g/mol. The standard InChI is InChI=1S/C22H28N4O5S/c1-16-7-10-20(26(28)29)15-21(16)25(32(3,30)31)17(2)22(27)23-18-8-11-19(12-9-18)24-13-5-4-6-14-24/h7-12,15,17H,4-6,13-14H2,1-3H3,(H,23,27)/t17-/m0/s1. The molecule has 1 heterocycles. The highest BCUT2D eigenvalue weighted by molar-refractivity contribution is 7.92. The number of rotatable bonds is 7. The molecule has 32 heavy (non-hydrogen) atoms. The van der Waals surface area contributed by atoms with Gasteiger partial charge in [-0.25, -0.2) is 8.42 Å². The summed E-state index contributed by atoms with van der Waals surface area (Å²) in [6.45, 7) is 5.11. The number of hydrogen-bond acceptors (Lipinski definition) is 6. The summed E-state index contributed by atoms with van der Waals surface area (Å²) in [6.07, 6.45) is 4.54. The first-order valence-corrected chi connectivity index (χ1v) is 12.3. The molecular formula is C22H28N4O5S. The molecule has 0 saturated carbocycles. The lowest BCUT2D eigenvalue weighted by atomic mass is 10.1. The number of piperidine rings is 1. The molecule has 0 unspecified atom stereocenters. The van der Waals surface area contributed by atoms with Gasteiger partial charge in [0.05, 0.1) is 16.9 Å². The molecule has 1 N–H and O–H groups in total. The third kappa shape index (κ3) is 5.37. The van der Waals surface area contributed by atoms with Crippen LogP contribution in [0.25, 0.3) is 0 Å². The molecule has 1 amide bonds. The van der Waals surface area contributed by atoms with Crippen molar-refractivity contribution in [3.8, 4) is 0 Å². The van der Waals surface area contributed by atoms with Crippen LogP contribution in [0.15, 0.2) is 42.5 Å². The molecule has 1 atom stereocenters. The minimum Gasteiger partial charge on any atom is -0.372 e. The van der Waals surface area contributed by atoms with E-state index in [1.165, 1.54) is 31.5 Å². The summed E-state index contributed by atoms with van der Waals surface area (Å²) in [5, 5.41) is 13.9. The average Bonchev–Trinajstić information content (AvgIpc) is 2.75. The van der Waals surface area contributed by atoms with Crippen LogP contribution in [0.3, 0.4) is 0 Å². The van der Waals surface area contributed by atoms with Crippen LogP contribution in [0, 0.1) is 17.0 Å². The summed E-state index contributed by atoms with van der Waals surface area (Å²) in [7, 11) is -3.90. The zero-order valence-electron chi connectivity index (χ0n) is 18.4. The van der Waals surface area contributed by atoms with Gasteiger partial charge in [0, 0.05) is 36.6 Å². The van der Waals surface area contributed by atoms with Crippen molar-refractivity contribution in [3.63, 3.8) is 0 Å². The Hall–Kier alpha value is -3.14. The summed E-state index contributed by atoms with van der Waals surface area (Å²) in [5.41, 5.74) is 1.99. The second kappa shape index (κ2) is 9.56. The van der Waals surface area contributed by atoms with Crippen LogP contribution in [0.4, 0.5) is 22.7 Å². The van der Waals surface area contributed by atoms with Gasteiger partial charge < -0.3 is 10.2 Å². The molecule has 9 nitrogen and oxygen atoms in total. The number of amides is 1. The van der Waals surface area contributed by atoms with Gasteiger partial charge in [-0.05, 0) is 62.9 Å². The molecule has 2 aromatic rings. The van der Waals surface area contributed by atoms with E-state index < -0.39 is 26.9 Å². The van der Waals surface area contributed by atoms with Crippen molar-refractivity contribution in [2.45, 2.75) is 39.2 Å². The number of non-ortho nitro benzene ring substituents is 1. The molecule has 0 aromatic heterocycles. The van der Waals surface area contributed by atoms with Gasteiger partial charge in [0.15, 0.2) is 0 Å². The molecule has 1 fully saturated rings. The van der Waals surface area contributed by atoms with E-state index in [-0.39, 0.29) is 11.4 Å². The zero-order valence-corrected chi connectivity index (χ0v) is 19.3. The molecule has 1 aliphatic rings. The van der Waals surface area contributed by atoms with E-state index in [9.17, 15) is 23.3 Å². The van der Waals surface area contributed by atoms with E-state index in [2.05, 4.69) is 10.2 Å². The first-order valence-electron chi connectivity index (χ1n) is 10.5. The van der Waals surface area contributed by atoms with Crippen LogP contribution < -0.4 is 14.5 Å². The van der Waals surface area contributed by atoms with Crippen LogP contribution >= 0.6 is 0 Å². The summed E-state index contributed by atoms with van der Waals surface area (Å²) in [4.78, 5) is 25.8. The summed E-state index contributed by atoms with van der Waals surface area (Å²) in [6, 6.07) is 10.3. The van der Waals surface area contributed by atoms with Crippen molar-refractivity contribution < 1.29 is 18.1 Å². The highest BCUT2D eigenvalue weighted by atomic mass is 32.2. The second-order valence-electron chi connectivity index (χ2n) is 8.05. The second-order valence-corrected chi connectivity index (χ2v) is 9.91. The Labute approximate surface area is 188 Å². The van der Waals surface area contributed by atoms with E-state index in [0.717, 1.165) is 42.2 Å². The lowest BCUT2D eigenvalue weighted by molar-refractivity contribution is -0.384. The van der Waals surface area contributed by atoms with Crippen LogP contribution in [0.1, 0.15) is 31.7 Å². The van der Waals surface area contributed by atoms with Crippen molar-refractivity contribution in [2.75, 3.05) is 33.9 Å². The number of benzene rings is 2. The van der Waals surface area contributed by atoms with Crippen molar-refractivity contribution in [1.29, 1.82) is 0 Å². The summed E-state index contributed by atoms with van der Waals surface area (Å²) >= 11 is 0. The molecule has 172 valence electrons. The van der Waals surface area contributed by atoms with Gasteiger partial charge in [-0.2, -0.15) is 0 Å². The highest BCUT2D eigenvalue weighted by Gasteiger charge is 2.31. The number of nitro benzene ring substituents is 1. The zero-order chi connectivity index (χ0) is 23.5. The van der Waals surface area contributed by atoms with E-state index >= 15 is 0 Å². The number of nitro groups is 1. The number of aryl methyl sites for hydroxylation is 1. The lowest BCUT2D eigenvalue weighted by Gasteiger charge is -2.30. The number of nitrogens with one attached hydrogen (secondary N) is 1. The molecule has 0 bridgehead atoms. The first kappa shape index (κ1) is 23.5. The number of carbonyl (C=O) groups is 1. The maximum atomic E-state index is 12.9. The van der Waals surface area contributed by atoms with Gasteiger partial charge in [-0.1, -0.05) is 6.07 Å². The quantitative estimate of drug-likeness (QED) is 0.498. The topological polar surface area (TPSA) is 113 Å². The Balaban J connectivity index is 1.81. The summed E-state index contributed by atoms with van der Waals surface area (Å²) < 4.78 is 26.0. The molecule has 1 aliphatic heterocycles. The number of carbonyl (C=O) groups excluding carboxylic acids is 1. The fraction of sp³-hybridized carbons (Fsp3) is 0.409. The van der Waals surface area contributed by atoms with E-state index in [1.807, 2.05) is 12.1 Å². The molecule has 1 saturated heterocycles. The van der Waals surface area contributed by atoms with Crippen LogP contribution in [-0.2, 0) is 14.8 Å². The minimum atomic E-state index is -3.90. The predicted octanol–water partition coefficient (Wildman–Crippen LogP) is 3.69. The normalized spacial score (nSPS) is 15.2. The maximum Gasteiger partial charge on any atom is 0.271 e. The maximum absolute atomic E-state index is 12.9. The first-order chi connectivity index (χ1) is 15.1. The van der Waals surface area contributed by atoms with Gasteiger partial charge >= 0.3 is 0 Å². The van der Waals surface area contributed by atoms with E-state index in [0.29, 0.717) is 11.3 Å². The molecule has 0 radical (unpaired) electrons.